The first-order chi connectivity index (χ1) is 10.1. The van der Waals surface area contributed by atoms with E-state index in [1.54, 1.807) is 0 Å². The summed E-state index contributed by atoms with van der Waals surface area (Å²) in [5.41, 5.74) is 7.65. The van der Waals surface area contributed by atoms with Crippen LogP contribution >= 0.6 is 0 Å². The van der Waals surface area contributed by atoms with Gasteiger partial charge in [0.05, 0.1) is 0 Å². The van der Waals surface area contributed by atoms with E-state index in [9.17, 15) is 0 Å². The maximum atomic E-state index is 2.27. The Morgan fingerprint density at radius 3 is 2.29 bits per heavy atom. The first-order valence-corrected chi connectivity index (χ1v) is 7.28. The van der Waals surface area contributed by atoms with E-state index in [1.807, 2.05) is 0 Å². The lowest BCUT2D eigenvalue weighted by Crippen LogP contribution is -2.30. The van der Waals surface area contributed by atoms with E-state index in [4.69, 9.17) is 0 Å². The molecule has 0 unspecified atom stereocenters. The molecule has 0 atom stereocenters. The summed E-state index contributed by atoms with van der Waals surface area (Å²) in [6.07, 6.45) is 2.14. The molecular weight excluding hydrogens is 254 g/mol. The molecule has 0 aliphatic carbocycles. The molecule has 0 saturated carbocycles. The minimum absolute atomic E-state index is 1.24. The predicted octanol–water partition coefficient (Wildman–Crippen LogP) is 4.46. The molecule has 1 heterocycles. The SMILES string of the molecule is Cc1cccc(-c2cc[n+](C)c(-c3ccccc3C)c2)c1. The van der Waals surface area contributed by atoms with Crippen molar-refractivity contribution >= 4 is 0 Å². The van der Waals surface area contributed by atoms with Crippen molar-refractivity contribution in [2.75, 3.05) is 0 Å². The Hall–Kier alpha value is -2.41. The number of nitrogens with zero attached hydrogens (tertiary/aromatic N) is 1. The van der Waals surface area contributed by atoms with Crippen molar-refractivity contribution in [2.45, 2.75) is 13.8 Å². The van der Waals surface area contributed by atoms with E-state index in [0.717, 1.165) is 0 Å². The van der Waals surface area contributed by atoms with Crippen LogP contribution in [0.3, 0.4) is 0 Å². The van der Waals surface area contributed by atoms with Crippen molar-refractivity contribution in [1.29, 1.82) is 0 Å². The monoisotopic (exact) mass is 274 g/mol. The van der Waals surface area contributed by atoms with Gasteiger partial charge in [0.1, 0.15) is 7.05 Å². The maximum Gasteiger partial charge on any atom is 0.213 e. The van der Waals surface area contributed by atoms with Gasteiger partial charge in [-0.1, -0.05) is 48.0 Å². The van der Waals surface area contributed by atoms with Gasteiger partial charge in [0, 0.05) is 17.7 Å². The molecule has 3 aromatic rings. The first kappa shape index (κ1) is 13.6. The largest absolute Gasteiger partial charge is 0.213 e. The van der Waals surface area contributed by atoms with Gasteiger partial charge >= 0.3 is 0 Å². The zero-order valence-corrected chi connectivity index (χ0v) is 12.8. The fourth-order valence-corrected chi connectivity index (χ4v) is 2.70. The van der Waals surface area contributed by atoms with Crippen molar-refractivity contribution in [1.82, 2.24) is 0 Å². The molecule has 104 valence electrons. The van der Waals surface area contributed by atoms with Crippen molar-refractivity contribution in [2.24, 2.45) is 7.05 Å². The summed E-state index contributed by atoms with van der Waals surface area (Å²) < 4.78 is 2.18. The second-order valence-corrected chi connectivity index (χ2v) is 5.60. The molecule has 0 N–H and O–H groups in total. The van der Waals surface area contributed by atoms with Crippen LogP contribution in [0.2, 0.25) is 0 Å². The minimum atomic E-state index is 1.24. The minimum Gasteiger partial charge on any atom is -0.201 e. The number of pyridine rings is 1. The van der Waals surface area contributed by atoms with Crippen LogP contribution in [0.25, 0.3) is 22.4 Å². The molecule has 0 aliphatic heterocycles. The van der Waals surface area contributed by atoms with E-state index in [2.05, 4.69) is 92.3 Å². The topological polar surface area (TPSA) is 3.88 Å². The molecule has 0 radical (unpaired) electrons. The molecule has 0 aliphatic rings. The van der Waals surface area contributed by atoms with Crippen LogP contribution in [0.1, 0.15) is 11.1 Å². The molecule has 0 bridgehead atoms. The lowest BCUT2D eigenvalue weighted by molar-refractivity contribution is -0.660. The average molecular weight is 274 g/mol. The van der Waals surface area contributed by atoms with Crippen LogP contribution in [-0.4, -0.2) is 0 Å². The van der Waals surface area contributed by atoms with E-state index in [-0.39, 0.29) is 0 Å². The third kappa shape index (κ3) is 2.73. The van der Waals surface area contributed by atoms with Crippen molar-refractivity contribution in [3.05, 3.63) is 78.0 Å². The number of aryl methyl sites for hydroxylation is 3. The van der Waals surface area contributed by atoms with Gasteiger partial charge in [0.2, 0.25) is 5.69 Å². The van der Waals surface area contributed by atoms with Gasteiger partial charge in [-0.25, -0.2) is 4.57 Å². The van der Waals surface area contributed by atoms with Gasteiger partial charge < -0.3 is 0 Å². The lowest BCUT2D eigenvalue weighted by atomic mass is 9.99. The summed E-state index contributed by atoms with van der Waals surface area (Å²) >= 11 is 0. The standard InChI is InChI=1S/C20H20N/c1-15-7-6-9-17(13-15)18-11-12-21(3)20(14-18)19-10-5-4-8-16(19)2/h4-14H,1-3H3/q+1. The zero-order chi connectivity index (χ0) is 14.8. The smallest absolute Gasteiger partial charge is 0.201 e. The van der Waals surface area contributed by atoms with Gasteiger partial charge in [0.15, 0.2) is 6.20 Å². The Balaban J connectivity index is 2.15. The Kier molecular flexibility index (Phi) is 3.57. The molecule has 2 aromatic carbocycles. The number of aromatic nitrogens is 1. The highest BCUT2D eigenvalue weighted by atomic mass is 14.9. The number of benzene rings is 2. The number of hydrogen-bond donors (Lipinski definition) is 0. The Morgan fingerprint density at radius 2 is 1.52 bits per heavy atom. The van der Waals surface area contributed by atoms with Crippen LogP contribution in [0, 0.1) is 13.8 Å². The zero-order valence-electron chi connectivity index (χ0n) is 12.8. The summed E-state index contributed by atoms with van der Waals surface area (Å²) in [5.74, 6) is 0. The fourth-order valence-electron chi connectivity index (χ4n) is 2.70. The molecule has 3 rings (SSSR count). The molecule has 1 aromatic heterocycles. The van der Waals surface area contributed by atoms with Gasteiger partial charge in [0.25, 0.3) is 0 Å². The Morgan fingerprint density at radius 1 is 0.762 bits per heavy atom. The first-order valence-electron chi connectivity index (χ1n) is 7.28. The second-order valence-electron chi connectivity index (χ2n) is 5.60. The van der Waals surface area contributed by atoms with Crippen LogP contribution < -0.4 is 4.57 Å². The third-order valence-corrected chi connectivity index (χ3v) is 3.92. The molecule has 1 heteroatoms. The predicted molar refractivity (Wildman–Crippen MR) is 88.0 cm³/mol. The highest BCUT2D eigenvalue weighted by Crippen LogP contribution is 2.25. The van der Waals surface area contributed by atoms with Crippen LogP contribution in [0.5, 0.6) is 0 Å². The lowest BCUT2D eigenvalue weighted by Gasteiger charge is -2.07. The highest BCUT2D eigenvalue weighted by molar-refractivity contribution is 5.70. The number of hydrogen-bond acceptors (Lipinski definition) is 0. The van der Waals surface area contributed by atoms with E-state index in [0.29, 0.717) is 0 Å². The molecule has 0 spiro atoms. The summed E-state index contributed by atoms with van der Waals surface area (Å²) in [6, 6.07) is 21.6. The molecule has 1 nitrogen and oxygen atoms in total. The summed E-state index contributed by atoms with van der Waals surface area (Å²) in [5, 5.41) is 0. The summed E-state index contributed by atoms with van der Waals surface area (Å²) in [7, 11) is 2.10. The van der Waals surface area contributed by atoms with E-state index in [1.165, 1.54) is 33.5 Å². The van der Waals surface area contributed by atoms with Crippen molar-refractivity contribution < 1.29 is 4.57 Å². The Bertz CT molecular complexity index is 787. The van der Waals surface area contributed by atoms with Crippen molar-refractivity contribution in [3.8, 4) is 22.4 Å². The fraction of sp³-hybridized carbons (Fsp3) is 0.150. The van der Waals surface area contributed by atoms with Gasteiger partial charge in [-0.2, -0.15) is 0 Å². The highest BCUT2D eigenvalue weighted by Gasteiger charge is 2.13. The van der Waals surface area contributed by atoms with E-state index >= 15 is 0 Å². The van der Waals surface area contributed by atoms with Crippen LogP contribution in [0.4, 0.5) is 0 Å². The summed E-state index contributed by atoms with van der Waals surface area (Å²) in [4.78, 5) is 0. The van der Waals surface area contributed by atoms with Gasteiger partial charge in [-0.05, 0) is 36.6 Å². The summed E-state index contributed by atoms with van der Waals surface area (Å²) in [6.45, 7) is 4.30. The molecule has 0 saturated heterocycles. The molecule has 0 fully saturated rings. The average Bonchev–Trinajstić information content (AvgIpc) is 2.49. The van der Waals surface area contributed by atoms with Gasteiger partial charge in [-0.3, -0.25) is 0 Å². The maximum absolute atomic E-state index is 2.27. The van der Waals surface area contributed by atoms with Crippen LogP contribution in [0.15, 0.2) is 66.9 Å². The second kappa shape index (κ2) is 5.53. The third-order valence-electron chi connectivity index (χ3n) is 3.92. The van der Waals surface area contributed by atoms with E-state index < -0.39 is 0 Å². The molecule has 21 heavy (non-hydrogen) atoms. The van der Waals surface area contributed by atoms with Crippen molar-refractivity contribution in [3.63, 3.8) is 0 Å². The number of rotatable bonds is 2. The molecule has 0 amide bonds. The van der Waals surface area contributed by atoms with Crippen LogP contribution in [-0.2, 0) is 7.05 Å². The normalized spacial score (nSPS) is 10.6. The molecular formula is C20H20N+. The Labute approximate surface area is 126 Å². The van der Waals surface area contributed by atoms with Gasteiger partial charge in [-0.15, -0.1) is 0 Å². The quantitative estimate of drug-likeness (QED) is 0.607.